The largest absolute Gasteiger partial charge is 0.573 e. The maximum absolute atomic E-state index is 12.5. The van der Waals surface area contributed by atoms with Crippen molar-refractivity contribution in [3.8, 4) is 5.75 Å². The molecule has 1 N–H and O–H groups in total. The molecule has 0 aliphatic carbocycles. The first-order chi connectivity index (χ1) is 11.1. The average Bonchev–Trinajstić information content (AvgIpc) is 2.46. The number of hydrogen-bond donors (Lipinski definition) is 1. The van der Waals surface area contributed by atoms with E-state index in [1.54, 1.807) is 0 Å². The molecule has 1 aliphatic rings. The summed E-state index contributed by atoms with van der Waals surface area (Å²) in [6.45, 7) is 0.0742. The number of alkyl halides is 3. The first-order valence-corrected chi connectivity index (χ1v) is 7.93. The highest BCUT2D eigenvalue weighted by atomic mass is 32.2. The Hall–Kier alpha value is -2.27. The van der Waals surface area contributed by atoms with Gasteiger partial charge >= 0.3 is 12.5 Å². The smallest absolute Gasteiger partial charge is 0.464 e. The molecule has 0 radical (unpaired) electrons. The third kappa shape index (κ3) is 4.17. The van der Waals surface area contributed by atoms with Crippen LogP contribution in [0.15, 0.2) is 41.3 Å². The lowest BCUT2D eigenvalue weighted by molar-refractivity contribution is -0.274. The van der Waals surface area contributed by atoms with Gasteiger partial charge in [-0.3, -0.25) is 0 Å². The number of hydrogen-bond acceptors (Lipinski definition) is 5. The van der Waals surface area contributed by atoms with Gasteiger partial charge in [-0.25, -0.2) is 13.2 Å². The fourth-order valence-corrected chi connectivity index (χ4v) is 3.42. The van der Waals surface area contributed by atoms with Crippen LogP contribution in [-0.2, 0) is 14.8 Å². The van der Waals surface area contributed by atoms with Crippen molar-refractivity contribution in [2.45, 2.75) is 17.3 Å². The Morgan fingerprint density at radius 3 is 2.38 bits per heavy atom. The van der Waals surface area contributed by atoms with Crippen LogP contribution in [0.3, 0.4) is 0 Å². The fourth-order valence-electron chi connectivity index (χ4n) is 2.02. The molecule has 1 atom stereocenters. The van der Waals surface area contributed by atoms with Crippen LogP contribution in [-0.4, -0.2) is 49.5 Å². The Kier molecular flexibility index (Phi) is 5.04. The van der Waals surface area contributed by atoms with Crippen LogP contribution < -0.4 is 4.74 Å². The van der Waals surface area contributed by atoms with Gasteiger partial charge in [0.2, 0.25) is 0 Å². The van der Waals surface area contributed by atoms with Crippen LogP contribution in [0, 0.1) is 0 Å². The number of carbonyl (C=O) groups is 1. The summed E-state index contributed by atoms with van der Waals surface area (Å²) in [4.78, 5) is 10.9. The predicted molar refractivity (Wildman–Crippen MR) is 73.9 cm³/mol. The first-order valence-electron chi connectivity index (χ1n) is 6.49. The molecule has 1 aromatic rings. The molecule has 1 unspecified atom stereocenters. The van der Waals surface area contributed by atoms with Gasteiger partial charge in [0.1, 0.15) is 5.75 Å². The minimum absolute atomic E-state index is 0.155. The molecule has 0 spiro atoms. The summed E-state index contributed by atoms with van der Waals surface area (Å²) >= 11 is 0. The topological polar surface area (TPSA) is 93.1 Å². The summed E-state index contributed by atoms with van der Waals surface area (Å²) in [6.07, 6.45) is -3.81. The molecular weight excluding hydrogens is 355 g/mol. The highest BCUT2D eigenvalue weighted by molar-refractivity contribution is 7.89. The molecule has 11 heteroatoms. The molecule has 1 heterocycles. The molecule has 1 amide bonds. The van der Waals surface area contributed by atoms with E-state index >= 15 is 0 Å². The lowest BCUT2D eigenvalue weighted by atomic mass is 10.2. The first kappa shape index (κ1) is 18.1. The van der Waals surface area contributed by atoms with Crippen molar-refractivity contribution in [1.82, 2.24) is 4.31 Å². The lowest BCUT2D eigenvalue weighted by Crippen LogP contribution is -2.46. The number of amides is 1. The van der Waals surface area contributed by atoms with Gasteiger partial charge < -0.3 is 14.6 Å². The van der Waals surface area contributed by atoms with E-state index in [1.807, 2.05) is 0 Å². The van der Waals surface area contributed by atoms with Crippen molar-refractivity contribution in [3.05, 3.63) is 36.4 Å². The molecule has 7 nitrogen and oxygen atoms in total. The minimum atomic E-state index is -4.92. The Morgan fingerprint density at radius 1 is 1.29 bits per heavy atom. The van der Waals surface area contributed by atoms with Gasteiger partial charge in [0.15, 0.2) is 0 Å². The van der Waals surface area contributed by atoms with Crippen LogP contribution in [0.5, 0.6) is 5.75 Å². The van der Waals surface area contributed by atoms with Crippen molar-refractivity contribution in [3.63, 3.8) is 0 Å². The third-order valence-electron chi connectivity index (χ3n) is 2.96. The van der Waals surface area contributed by atoms with Crippen LogP contribution in [0.2, 0.25) is 0 Å². The molecule has 0 bridgehead atoms. The zero-order valence-corrected chi connectivity index (χ0v) is 12.7. The standard InChI is InChI=1S/C13H12F3NO6S/c14-13(15,16)23-10-3-5-11(6-4-10)24(20,21)17(12(18)19)9-2-1-7-22-8-9/h1-6,9H,7-8H2,(H,18,19). The molecule has 1 aromatic carbocycles. The monoisotopic (exact) mass is 367 g/mol. The predicted octanol–water partition coefficient (Wildman–Crippen LogP) is 2.21. The lowest BCUT2D eigenvalue weighted by Gasteiger charge is -2.28. The summed E-state index contributed by atoms with van der Waals surface area (Å²) in [7, 11) is -4.49. The van der Waals surface area contributed by atoms with E-state index in [9.17, 15) is 31.5 Å². The van der Waals surface area contributed by atoms with Crippen molar-refractivity contribution in [2.24, 2.45) is 0 Å². The summed E-state index contributed by atoms with van der Waals surface area (Å²) in [5.74, 6) is -0.621. The summed E-state index contributed by atoms with van der Waals surface area (Å²) in [5.41, 5.74) is 0. The molecule has 0 saturated heterocycles. The fraction of sp³-hybridized carbons (Fsp3) is 0.308. The Balaban J connectivity index is 2.31. The zero-order chi connectivity index (χ0) is 18.0. The third-order valence-corrected chi connectivity index (χ3v) is 4.78. The van der Waals surface area contributed by atoms with E-state index < -0.39 is 39.2 Å². The second kappa shape index (κ2) is 6.69. The Morgan fingerprint density at radius 2 is 1.92 bits per heavy atom. The molecule has 2 rings (SSSR count). The van der Waals surface area contributed by atoms with E-state index in [4.69, 9.17) is 4.74 Å². The number of nitrogens with zero attached hydrogens (tertiary/aromatic N) is 1. The molecule has 0 saturated carbocycles. The maximum atomic E-state index is 12.5. The molecule has 24 heavy (non-hydrogen) atoms. The van der Waals surface area contributed by atoms with Crippen LogP contribution in [0.25, 0.3) is 0 Å². The quantitative estimate of drug-likeness (QED) is 0.820. The number of sulfonamides is 1. The Labute approximate surface area is 134 Å². The Bertz CT molecular complexity index is 729. The second-order valence-corrected chi connectivity index (χ2v) is 6.45. The van der Waals surface area contributed by atoms with E-state index in [0.29, 0.717) is 0 Å². The number of benzene rings is 1. The van der Waals surface area contributed by atoms with Crippen molar-refractivity contribution >= 4 is 16.1 Å². The van der Waals surface area contributed by atoms with Gasteiger partial charge in [-0.05, 0) is 24.3 Å². The van der Waals surface area contributed by atoms with Gasteiger partial charge in [-0.2, -0.15) is 4.31 Å². The van der Waals surface area contributed by atoms with Crippen molar-refractivity contribution < 1.29 is 41.0 Å². The summed E-state index contributed by atoms with van der Waals surface area (Å²) in [5, 5.41) is 9.21. The molecule has 0 fully saturated rings. The molecule has 0 aromatic heterocycles. The normalized spacial score (nSPS) is 18.2. The minimum Gasteiger partial charge on any atom is -0.464 e. The van der Waals surface area contributed by atoms with Gasteiger partial charge in [-0.15, -0.1) is 13.2 Å². The highest BCUT2D eigenvalue weighted by Crippen LogP contribution is 2.26. The molecule has 1 aliphatic heterocycles. The number of ether oxygens (including phenoxy) is 2. The molecular formula is C13H12F3NO6S. The summed E-state index contributed by atoms with van der Waals surface area (Å²) < 4.78 is 70.1. The van der Waals surface area contributed by atoms with Gasteiger partial charge in [0.25, 0.3) is 10.0 Å². The molecule has 132 valence electrons. The van der Waals surface area contributed by atoms with E-state index in [-0.39, 0.29) is 17.5 Å². The van der Waals surface area contributed by atoms with Gasteiger partial charge in [0, 0.05) is 0 Å². The SMILES string of the molecule is O=C(O)N(C1C=CCOC1)S(=O)(=O)c1ccc(OC(F)(F)F)cc1. The zero-order valence-electron chi connectivity index (χ0n) is 11.9. The summed E-state index contributed by atoms with van der Waals surface area (Å²) in [6, 6.07) is 2.17. The number of halogens is 3. The highest BCUT2D eigenvalue weighted by Gasteiger charge is 2.36. The van der Waals surface area contributed by atoms with Crippen molar-refractivity contribution in [1.29, 1.82) is 0 Å². The van der Waals surface area contributed by atoms with E-state index in [1.165, 1.54) is 12.2 Å². The van der Waals surface area contributed by atoms with Crippen LogP contribution in [0.4, 0.5) is 18.0 Å². The average molecular weight is 367 g/mol. The van der Waals surface area contributed by atoms with Gasteiger partial charge in [0.05, 0.1) is 24.2 Å². The number of rotatable bonds is 4. The number of carboxylic acid groups (broad SMARTS) is 1. The second-order valence-electron chi connectivity index (χ2n) is 4.64. The van der Waals surface area contributed by atoms with Crippen LogP contribution >= 0.6 is 0 Å². The van der Waals surface area contributed by atoms with Gasteiger partial charge in [-0.1, -0.05) is 12.2 Å². The maximum Gasteiger partial charge on any atom is 0.573 e. The van der Waals surface area contributed by atoms with E-state index in [0.717, 1.165) is 24.3 Å². The van der Waals surface area contributed by atoms with Crippen LogP contribution in [0.1, 0.15) is 0 Å². The van der Waals surface area contributed by atoms with E-state index in [2.05, 4.69) is 4.74 Å². The van der Waals surface area contributed by atoms with Crippen molar-refractivity contribution in [2.75, 3.05) is 13.2 Å².